The van der Waals surface area contributed by atoms with Crippen molar-refractivity contribution in [3.05, 3.63) is 0 Å². The molecule has 7 heteroatoms. The fourth-order valence-corrected chi connectivity index (χ4v) is 2.34. The summed E-state index contributed by atoms with van der Waals surface area (Å²) >= 11 is 0. The van der Waals surface area contributed by atoms with Crippen LogP contribution < -0.4 is 10.6 Å². The van der Waals surface area contributed by atoms with Crippen molar-refractivity contribution in [2.45, 2.75) is 85.7 Å². The summed E-state index contributed by atoms with van der Waals surface area (Å²) in [7, 11) is 0. The highest BCUT2D eigenvalue weighted by Crippen LogP contribution is 2.20. The van der Waals surface area contributed by atoms with Crippen LogP contribution in [0.15, 0.2) is 10.3 Å². The molecule has 0 amide bonds. The van der Waals surface area contributed by atoms with E-state index in [0.717, 1.165) is 19.5 Å². The van der Waals surface area contributed by atoms with Crippen LogP contribution in [0, 0.1) is 5.41 Å². The molecule has 7 nitrogen and oxygen atoms in total. The monoisotopic (exact) mass is 370 g/mol. The molecule has 26 heavy (non-hydrogen) atoms. The Balaban J connectivity index is 4.44. The lowest BCUT2D eigenvalue weighted by Gasteiger charge is -2.29. The van der Waals surface area contributed by atoms with Crippen molar-refractivity contribution < 1.29 is 15.2 Å². The van der Waals surface area contributed by atoms with E-state index < -0.39 is 5.54 Å². The minimum atomic E-state index is -0.495. The van der Waals surface area contributed by atoms with Crippen LogP contribution in [-0.2, 0) is 4.79 Å². The van der Waals surface area contributed by atoms with Gasteiger partial charge in [-0.25, -0.2) is 0 Å². The summed E-state index contributed by atoms with van der Waals surface area (Å²) < 4.78 is 0. The van der Waals surface area contributed by atoms with E-state index in [1.54, 1.807) is 6.92 Å². The van der Waals surface area contributed by atoms with Gasteiger partial charge in [0.2, 0.25) is 0 Å². The maximum Gasteiger partial charge on any atom is 0.138 e. The van der Waals surface area contributed by atoms with E-state index in [2.05, 4.69) is 20.9 Å². The molecule has 0 saturated carbocycles. The van der Waals surface area contributed by atoms with E-state index in [-0.39, 0.29) is 16.7 Å². The zero-order valence-electron chi connectivity index (χ0n) is 17.7. The molecule has 4 N–H and O–H groups in total. The molecule has 0 bridgehead atoms. The third-order valence-corrected chi connectivity index (χ3v) is 4.81. The Morgan fingerprint density at radius 1 is 0.846 bits per heavy atom. The van der Waals surface area contributed by atoms with Crippen molar-refractivity contribution in [1.82, 2.24) is 10.6 Å². The number of Topliss-reactive ketones (excluding diaryl/α,β-unsaturated/α-hetero) is 1. The molecule has 0 aromatic rings. The van der Waals surface area contributed by atoms with E-state index in [0.29, 0.717) is 24.3 Å². The smallest absolute Gasteiger partial charge is 0.138 e. The van der Waals surface area contributed by atoms with Crippen LogP contribution in [0.25, 0.3) is 0 Å². The molecule has 0 radical (unpaired) electrons. The van der Waals surface area contributed by atoms with Crippen LogP contribution in [0.5, 0.6) is 0 Å². The second kappa shape index (κ2) is 10.0. The van der Waals surface area contributed by atoms with Crippen LogP contribution in [0.1, 0.15) is 74.7 Å². The Bertz CT molecular complexity index is 517. The third kappa shape index (κ3) is 8.27. The first kappa shape index (κ1) is 24.5. The molecule has 0 saturated heterocycles. The average molecular weight is 371 g/mol. The first-order chi connectivity index (χ1) is 11.8. The third-order valence-electron chi connectivity index (χ3n) is 4.81. The highest BCUT2D eigenvalue weighted by molar-refractivity contribution is 5.96. The molecule has 0 unspecified atom stereocenters. The molecule has 0 aliphatic heterocycles. The van der Waals surface area contributed by atoms with Crippen LogP contribution in [0.2, 0.25) is 0 Å². The predicted molar refractivity (Wildman–Crippen MR) is 107 cm³/mol. The Morgan fingerprint density at radius 2 is 1.35 bits per heavy atom. The molecule has 0 aliphatic rings. The van der Waals surface area contributed by atoms with Crippen molar-refractivity contribution in [3.63, 3.8) is 0 Å². The lowest BCUT2D eigenvalue weighted by atomic mass is 9.85. The molecule has 152 valence electrons. The number of hydrogen-bond acceptors (Lipinski definition) is 7. The highest BCUT2D eigenvalue weighted by atomic mass is 16.4. The number of nitrogens with one attached hydrogen (secondary N) is 2. The summed E-state index contributed by atoms with van der Waals surface area (Å²) in [5, 5.41) is 31.6. The SMILES string of the molecule is C/C(=N\O)C(C)(C)NCCCNC(C)(C)/C(CCC(=O)C(C)(C)C)=N/O. The first-order valence-corrected chi connectivity index (χ1v) is 9.22. The maximum atomic E-state index is 12.1. The Morgan fingerprint density at radius 3 is 1.77 bits per heavy atom. The number of carbonyl (C=O) groups is 1. The number of carbonyl (C=O) groups excluding carboxylic acids is 1. The predicted octanol–water partition coefficient (Wildman–Crippen LogP) is 3.19. The molecule has 0 aliphatic carbocycles. The van der Waals surface area contributed by atoms with Gasteiger partial charge in [0, 0.05) is 11.8 Å². The van der Waals surface area contributed by atoms with Gasteiger partial charge in [-0.05, 0) is 60.5 Å². The average Bonchev–Trinajstić information content (AvgIpc) is 2.52. The van der Waals surface area contributed by atoms with Crippen LogP contribution in [-0.4, -0.2) is 51.8 Å². The van der Waals surface area contributed by atoms with Crippen LogP contribution in [0.3, 0.4) is 0 Å². The Labute approximate surface area is 158 Å². The van der Waals surface area contributed by atoms with Gasteiger partial charge in [0.1, 0.15) is 5.78 Å². The highest BCUT2D eigenvalue weighted by Gasteiger charge is 2.28. The minimum Gasteiger partial charge on any atom is -0.411 e. The van der Waals surface area contributed by atoms with Gasteiger partial charge in [-0.2, -0.15) is 0 Å². The van der Waals surface area contributed by atoms with Gasteiger partial charge in [-0.15, -0.1) is 0 Å². The van der Waals surface area contributed by atoms with E-state index in [1.807, 2.05) is 48.5 Å². The lowest BCUT2D eigenvalue weighted by Crippen LogP contribution is -2.49. The zero-order valence-corrected chi connectivity index (χ0v) is 17.7. The fourth-order valence-electron chi connectivity index (χ4n) is 2.34. The maximum absolute atomic E-state index is 12.1. The van der Waals surface area contributed by atoms with E-state index >= 15 is 0 Å². The van der Waals surface area contributed by atoms with Crippen molar-refractivity contribution in [1.29, 1.82) is 0 Å². The lowest BCUT2D eigenvalue weighted by molar-refractivity contribution is -0.126. The second-order valence-corrected chi connectivity index (χ2v) is 8.86. The Hall–Kier alpha value is -1.47. The van der Waals surface area contributed by atoms with Gasteiger partial charge in [0.05, 0.1) is 22.5 Å². The van der Waals surface area contributed by atoms with Gasteiger partial charge < -0.3 is 21.0 Å². The van der Waals surface area contributed by atoms with Gasteiger partial charge in [-0.3, -0.25) is 4.79 Å². The van der Waals surface area contributed by atoms with E-state index in [9.17, 15) is 10.0 Å². The number of ketones is 1. The van der Waals surface area contributed by atoms with E-state index in [1.165, 1.54) is 0 Å². The summed E-state index contributed by atoms with van der Waals surface area (Å²) in [6.07, 6.45) is 1.65. The molecule has 0 heterocycles. The summed E-state index contributed by atoms with van der Waals surface area (Å²) in [5.41, 5.74) is -0.0389. The largest absolute Gasteiger partial charge is 0.411 e. The standard InChI is InChI=1S/C19H38N4O3/c1-14(22-25)18(5,6)20-12-9-13-21-19(7,8)15(23-26)10-11-16(24)17(2,3)4/h20-21,25-26H,9-13H2,1-8H3/b22-14+,23-15+. The van der Waals surface area contributed by atoms with Crippen LogP contribution in [0.4, 0.5) is 0 Å². The topological polar surface area (TPSA) is 106 Å². The number of rotatable bonds is 11. The summed E-state index contributed by atoms with van der Waals surface area (Å²) in [6, 6.07) is 0. The molecular formula is C19H38N4O3. The molecule has 0 aromatic heterocycles. The van der Waals surface area contributed by atoms with E-state index in [4.69, 9.17) is 5.21 Å². The van der Waals surface area contributed by atoms with Crippen molar-refractivity contribution in [2.24, 2.45) is 15.7 Å². The summed E-state index contributed by atoms with van der Waals surface area (Å²) in [6.45, 7) is 16.7. The number of nitrogens with zero attached hydrogens (tertiary/aromatic N) is 2. The molecule has 0 atom stereocenters. The number of oxime groups is 2. The van der Waals surface area contributed by atoms with Gasteiger partial charge in [0.15, 0.2) is 0 Å². The van der Waals surface area contributed by atoms with Gasteiger partial charge in [0.25, 0.3) is 0 Å². The molecule has 0 spiro atoms. The minimum absolute atomic E-state index is 0.154. The fraction of sp³-hybridized carbons (Fsp3) is 0.842. The van der Waals surface area contributed by atoms with Gasteiger partial charge >= 0.3 is 0 Å². The molecule has 0 fully saturated rings. The van der Waals surface area contributed by atoms with Crippen LogP contribution >= 0.6 is 0 Å². The molecular weight excluding hydrogens is 332 g/mol. The number of hydrogen-bond donors (Lipinski definition) is 4. The second-order valence-electron chi connectivity index (χ2n) is 8.86. The molecule has 0 rings (SSSR count). The normalized spacial score (nSPS) is 14.6. The quantitative estimate of drug-likeness (QED) is 0.193. The van der Waals surface area contributed by atoms with Crippen molar-refractivity contribution in [3.8, 4) is 0 Å². The summed E-state index contributed by atoms with van der Waals surface area (Å²) in [4.78, 5) is 12.1. The Kier molecular flexibility index (Phi) is 9.45. The zero-order chi connectivity index (χ0) is 20.6. The first-order valence-electron chi connectivity index (χ1n) is 9.22. The van der Waals surface area contributed by atoms with Crippen molar-refractivity contribution in [2.75, 3.05) is 13.1 Å². The van der Waals surface area contributed by atoms with Crippen molar-refractivity contribution >= 4 is 17.2 Å². The van der Waals surface area contributed by atoms with Gasteiger partial charge in [-0.1, -0.05) is 31.1 Å². The molecule has 0 aromatic carbocycles. The summed E-state index contributed by atoms with van der Waals surface area (Å²) in [5.74, 6) is 0.154.